The van der Waals surface area contributed by atoms with Crippen molar-refractivity contribution in [1.29, 1.82) is 0 Å². The van der Waals surface area contributed by atoms with Gasteiger partial charge < -0.3 is 10.4 Å². The van der Waals surface area contributed by atoms with Crippen molar-refractivity contribution in [3.63, 3.8) is 0 Å². The predicted molar refractivity (Wildman–Crippen MR) is 60.4 cm³/mol. The second-order valence-electron chi connectivity index (χ2n) is 3.26. The maximum Gasteiger partial charge on any atom is 0.305 e. The molecule has 1 amide bonds. The lowest BCUT2D eigenvalue weighted by Crippen LogP contribution is -2.27. The highest BCUT2D eigenvalue weighted by Crippen LogP contribution is 2.14. The molecular formula is C11H12ClNO3. The van der Waals surface area contributed by atoms with E-state index in [1.54, 1.807) is 24.3 Å². The van der Waals surface area contributed by atoms with Gasteiger partial charge in [0.2, 0.25) is 5.91 Å². The minimum absolute atomic E-state index is 0.0751. The zero-order chi connectivity index (χ0) is 12.0. The van der Waals surface area contributed by atoms with Gasteiger partial charge in [0.1, 0.15) is 0 Å². The standard InChI is InChI=1S/C11H12ClNO3/c12-9-4-2-1-3-8(9)7-10(14)13-6-5-11(15)16/h1-4H,5-7H2,(H,13,14)(H,15,16). The van der Waals surface area contributed by atoms with E-state index in [9.17, 15) is 9.59 Å². The fourth-order valence-corrected chi connectivity index (χ4v) is 1.39. The van der Waals surface area contributed by atoms with Crippen LogP contribution in [0, 0.1) is 0 Å². The molecule has 0 fully saturated rings. The minimum Gasteiger partial charge on any atom is -0.481 e. The van der Waals surface area contributed by atoms with Crippen LogP contribution in [0.3, 0.4) is 0 Å². The second-order valence-corrected chi connectivity index (χ2v) is 3.67. The lowest BCUT2D eigenvalue weighted by molar-refractivity contribution is -0.136. The number of benzene rings is 1. The van der Waals surface area contributed by atoms with Gasteiger partial charge in [0.25, 0.3) is 0 Å². The maximum absolute atomic E-state index is 11.4. The van der Waals surface area contributed by atoms with E-state index >= 15 is 0 Å². The molecule has 0 aliphatic carbocycles. The van der Waals surface area contributed by atoms with Crippen LogP contribution in [-0.2, 0) is 16.0 Å². The Balaban J connectivity index is 2.40. The van der Waals surface area contributed by atoms with Crippen molar-refractivity contribution in [2.75, 3.05) is 6.54 Å². The largest absolute Gasteiger partial charge is 0.481 e. The number of carbonyl (C=O) groups is 2. The zero-order valence-electron chi connectivity index (χ0n) is 8.57. The number of carboxylic acid groups (broad SMARTS) is 1. The number of nitrogens with one attached hydrogen (secondary N) is 1. The van der Waals surface area contributed by atoms with E-state index < -0.39 is 5.97 Å². The highest BCUT2D eigenvalue weighted by Gasteiger charge is 2.06. The number of hydrogen-bond acceptors (Lipinski definition) is 2. The Labute approximate surface area is 98.2 Å². The number of rotatable bonds is 5. The summed E-state index contributed by atoms with van der Waals surface area (Å²) in [5, 5.41) is 11.4. The molecule has 4 nitrogen and oxygen atoms in total. The SMILES string of the molecule is O=C(O)CCNC(=O)Cc1ccccc1Cl. The normalized spacial score (nSPS) is 9.81. The van der Waals surface area contributed by atoms with Crippen LogP contribution >= 0.6 is 11.6 Å². The lowest BCUT2D eigenvalue weighted by atomic mass is 10.1. The number of aliphatic carboxylic acids is 1. The summed E-state index contributed by atoms with van der Waals surface area (Å²) in [6.45, 7) is 0.138. The summed E-state index contributed by atoms with van der Waals surface area (Å²) in [5.74, 6) is -1.16. The van der Waals surface area contributed by atoms with Crippen molar-refractivity contribution >= 4 is 23.5 Å². The first-order valence-corrected chi connectivity index (χ1v) is 5.19. The molecule has 0 saturated carbocycles. The molecule has 0 radical (unpaired) electrons. The molecule has 0 saturated heterocycles. The Morgan fingerprint density at radius 2 is 2.00 bits per heavy atom. The van der Waals surface area contributed by atoms with Gasteiger partial charge in [-0.1, -0.05) is 29.8 Å². The number of amides is 1. The first-order valence-electron chi connectivity index (χ1n) is 4.81. The average molecular weight is 242 g/mol. The predicted octanol–water partition coefficient (Wildman–Crippen LogP) is 1.47. The van der Waals surface area contributed by atoms with Gasteiger partial charge in [0.15, 0.2) is 0 Å². The molecule has 0 aliphatic heterocycles. The molecule has 1 rings (SSSR count). The summed E-state index contributed by atoms with van der Waals surface area (Å²) in [5.41, 5.74) is 0.733. The van der Waals surface area contributed by atoms with E-state index in [0.29, 0.717) is 5.02 Å². The van der Waals surface area contributed by atoms with Gasteiger partial charge in [-0.2, -0.15) is 0 Å². The van der Waals surface area contributed by atoms with Gasteiger partial charge in [-0.05, 0) is 11.6 Å². The van der Waals surface area contributed by atoms with Gasteiger partial charge >= 0.3 is 5.97 Å². The zero-order valence-corrected chi connectivity index (χ0v) is 9.33. The van der Waals surface area contributed by atoms with Crippen molar-refractivity contribution in [2.45, 2.75) is 12.8 Å². The van der Waals surface area contributed by atoms with Crippen LogP contribution in [0.1, 0.15) is 12.0 Å². The van der Waals surface area contributed by atoms with Gasteiger partial charge in [-0.15, -0.1) is 0 Å². The summed E-state index contributed by atoms with van der Waals surface area (Å²) < 4.78 is 0. The van der Waals surface area contributed by atoms with E-state index in [1.165, 1.54) is 0 Å². The van der Waals surface area contributed by atoms with Crippen molar-refractivity contribution in [1.82, 2.24) is 5.32 Å². The first-order chi connectivity index (χ1) is 7.59. The third-order valence-electron chi connectivity index (χ3n) is 1.97. The molecule has 0 spiro atoms. The van der Waals surface area contributed by atoms with E-state index in [-0.39, 0.29) is 25.3 Å². The van der Waals surface area contributed by atoms with Gasteiger partial charge in [-0.25, -0.2) is 0 Å². The van der Waals surface area contributed by atoms with Crippen LogP contribution in [-0.4, -0.2) is 23.5 Å². The summed E-state index contributed by atoms with van der Waals surface area (Å²) in [7, 11) is 0. The number of hydrogen-bond donors (Lipinski definition) is 2. The fourth-order valence-electron chi connectivity index (χ4n) is 1.19. The second kappa shape index (κ2) is 6.12. The summed E-state index contributed by atoms with van der Waals surface area (Å²) in [6.07, 6.45) is 0.0908. The highest BCUT2D eigenvalue weighted by molar-refractivity contribution is 6.31. The summed E-state index contributed by atoms with van der Waals surface area (Å²) >= 11 is 5.88. The third kappa shape index (κ3) is 4.31. The Hall–Kier alpha value is -1.55. The Kier molecular flexibility index (Phi) is 4.79. The molecule has 2 N–H and O–H groups in total. The van der Waals surface area contributed by atoms with Crippen LogP contribution in [0.25, 0.3) is 0 Å². The molecule has 0 aromatic heterocycles. The minimum atomic E-state index is -0.932. The molecule has 0 atom stereocenters. The quantitative estimate of drug-likeness (QED) is 0.821. The highest BCUT2D eigenvalue weighted by atomic mass is 35.5. The smallest absolute Gasteiger partial charge is 0.305 e. The molecule has 1 aromatic carbocycles. The Morgan fingerprint density at radius 3 is 2.62 bits per heavy atom. The van der Waals surface area contributed by atoms with Gasteiger partial charge in [0, 0.05) is 11.6 Å². The molecule has 1 aromatic rings. The van der Waals surface area contributed by atoms with Crippen LogP contribution in [0.5, 0.6) is 0 Å². The van der Waals surface area contributed by atoms with Crippen LogP contribution in [0.4, 0.5) is 0 Å². The molecule has 0 aliphatic rings. The fraction of sp³-hybridized carbons (Fsp3) is 0.273. The van der Waals surface area contributed by atoms with Gasteiger partial charge in [-0.3, -0.25) is 9.59 Å². The maximum atomic E-state index is 11.4. The molecule has 0 unspecified atom stereocenters. The summed E-state index contributed by atoms with van der Waals surface area (Å²) in [4.78, 5) is 21.6. The van der Waals surface area contributed by atoms with Crippen LogP contribution in [0.15, 0.2) is 24.3 Å². The van der Waals surface area contributed by atoms with Crippen molar-refractivity contribution in [3.8, 4) is 0 Å². The Morgan fingerprint density at radius 1 is 1.31 bits per heavy atom. The lowest BCUT2D eigenvalue weighted by Gasteiger charge is -2.04. The van der Waals surface area contributed by atoms with E-state index in [4.69, 9.17) is 16.7 Å². The molecular weight excluding hydrogens is 230 g/mol. The van der Waals surface area contributed by atoms with Crippen molar-refractivity contribution in [3.05, 3.63) is 34.9 Å². The molecule has 0 bridgehead atoms. The number of carbonyl (C=O) groups excluding carboxylic acids is 1. The average Bonchev–Trinajstić information content (AvgIpc) is 2.21. The summed E-state index contributed by atoms with van der Waals surface area (Å²) in [6, 6.07) is 7.06. The van der Waals surface area contributed by atoms with Crippen LogP contribution in [0.2, 0.25) is 5.02 Å². The van der Waals surface area contributed by atoms with E-state index in [2.05, 4.69) is 5.32 Å². The monoisotopic (exact) mass is 241 g/mol. The molecule has 86 valence electrons. The van der Waals surface area contributed by atoms with Crippen molar-refractivity contribution < 1.29 is 14.7 Å². The topological polar surface area (TPSA) is 66.4 Å². The van der Waals surface area contributed by atoms with Crippen LogP contribution < -0.4 is 5.32 Å². The molecule has 16 heavy (non-hydrogen) atoms. The molecule has 0 heterocycles. The third-order valence-corrected chi connectivity index (χ3v) is 2.34. The van der Waals surface area contributed by atoms with E-state index in [1.807, 2.05) is 0 Å². The molecule has 5 heteroatoms. The van der Waals surface area contributed by atoms with Crippen molar-refractivity contribution in [2.24, 2.45) is 0 Å². The first kappa shape index (κ1) is 12.5. The number of halogens is 1. The Bertz CT molecular complexity index is 393. The van der Waals surface area contributed by atoms with Gasteiger partial charge in [0.05, 0.1) is 12.8 Å². The number of carboxylic acids is 1. The van der Waals surface area contributed by atoms with E-state index in [0.717, 1.165) is 5.56 Å².